The lowest BCUT2D eigenvalue weighted by molar-refractivity contribution is 0.101. The van der Waals surface area contributed by atoms with Crippen molar-refractivity contribution in [1.29, 1.82) is 0 Å². The van der Waals surface area contributed by atoms with Crippen molar-refractivity contribution in [3.8, 4) is 0 Å². The molecule has 29 heavy (non-hydrogen) atoms. The number of carbonyl (C=O) groups excluding carboxylic acids is 1. The quantitative estimate of drug-likeness (QED) is 0.481. The second kappa shape index (κ2) is 8.80. The standard InChI is InChI=1S/C18H12FN7OS2/c19-11-3-5-12(6-4-11)28-16-13(29-18-21-10-23-26-18)7-9-20-15(16)17(27)24-14-2-1-8-22-25-14/h1-10H,(H,21,23,26)(H,24,25,27). The first kappa shape index (κ1) is 19.0. The van der Waals surface area contributed by atoms with E-state index in [1.54, 1.807) is 36.5 Å². The highest BCUT2D eigenvalue weighted by atomic mass is 32.2. The molecule has 0 bridgehead atoms. The van der Waals surface area contributed by atoms with Gasteiger partial charge in [0, 0.05) is 22.2 Å². The molecule has 3 aromatic heterocycles. The second-order valence-electron chi connectivity index (χ2n) is 5.50. The van der Waals surface area contributed by atoms with Crippen LogP contribution < -0.4 is 5.32 Å². The molecule has 0 aliphatic heterocycles. The monoisotopic (exact) mass is 425 g/mol. The van der Waals surface area contributed by atoms with E-state index in [-0.39, 0.29) is 11.5 Å². The highest BCUT2D eigenvalue weighted by Crippen LogP contribution is 2.39. The van der Waals surface area contributed by atoms with Crippen LogP contribution in [-0.2, 0) is 0 Å². The summed E-state index contributed by atoms with van der Waals surface area (Å²) in [6.07, 6.45) is 4.45. The number of aromatic amines is 1. The third-order valence-electron chi connectivity index (χ3n) is 3.53. The largest absolute Gasteiger partial charge is 0.304 e. The lowest BCUT2D eigenvalue weighted by Crippen LogP contribution is -2.16. The van der Waals surface area contributed by atoms with Crippen LogP contribution in [0.4, 0.5) is 10.2 Å². The Bertz CT molecular complexity index is 1110. The van der Waals surface area contributed by atoms with E-state index in [4.69, 9.17) is 0 Å². The Hall–Kier alpha value is -3.31. The summed E-state index contributed by atoms with van der Waals surface area (Å²) in [5, 5.41) is 17.5. The summed E-state index contributed by atoms with van der Waals surface area (Å²) < 4.78 is 13.3. The number of carbonyl (C=O) groups is 1. The molecular weight excluding hydrogens is 413 g/mol. The SMILES string of the molecule is O=C(Nc1cccnn1)c1nccc(Sc2ncn[nH]2)c1Sc1ccc(F)cc1. The van der Waals surface area contributed by atoms with Crippen LogP contribution in [0.2, 0.25) is 0 Å². The van der Waals surface area contributed by atoms with Crippen molar-refractivity contribution in [3.63, 3.8) is 0 Å². The molecule has 1 amide bonds. The Morgan fingerprint density at radius 2 is 1.90 bits per heavy atom. The number of amides is 1. The van der Waals surface area contributed by atoms with E-state index in [0.29, 0.717) is 15.9 Å². The van der Waals surface area contributed by atoms with Crippen LogP contribution >= 0.6 is 23.5 Å². The van der Waals surface area contributed by atoms with E-state index in [9.17, 15) is 9.18 Å². The summed E-state index contributed by atoms with van der Waals surface area (Å²) in [4.78, 5) is 23.4. The molecule has 11 heteroatoms. The van der Waals surface area contributed by atoms with Gasteiger partial charge in [0.2, 0.25) is 0 Å². The number of H-pyrrole nitrogens is 1. The average Bonchev–Trinajstić information content (AvgIpc) is 3.25. The molecule has 0 aliphatic carbocycles. The van der Waals surface area contributed by atoms with Gasteiger partial charge in [0.1, 0.15) is 17.8 Å². The fourth-order valence-electron chi connectivity index (χ4n) is 2.28. The fraction of sp³-hybridized carbons (Fsp3) is 0. The predicted molar refractivity (Wildman–Crippen MR) is 105 cm³/mol. The van der Waals surface area contributed by atoms with E-state index >= 15 is 0 Å². The summed E-state index contributed by atoms with van der Waals surface area (Å²) in [6, 6.07) is 11.1. The summed E-state index contributed by atoms with van der Waals surface area (Å²) in [5.41, 5.74) is 0.203. The van der Waals surface area contributed by atoms with Gasteiger partial charge in [-0.2, -0.15) is 10.2 Å². The zero-order chi connectivity index (χ0) is 20.1. The van der Waals surface area contributed by atoms with Gasteiger partial charge in [-0.3, -0.25) is 9.89 Å². The number of halogens is 1. The fourth-order valence-corrected chi connectivity index (χ4v) is 4.18. The first-order valence-electron chi connectivity index (χ1n) is 8.24. The Labute approximate surface area is 172 Å². The van der Waals surface area contributed by atoms with Crippen molar-refractivity contribution in [2.75, 3.05) is 5.32 Å². The van der Waals surface area contributed by atoms with Crippen molar-refractivity contribution in [3.05, 3.63) is 72.7 Å². The maximum atomic E-state index is 13.3. The normalized spacial score (nSPS) is 10.7. The number of hydrogen-bond acceptors (Lipinski definition) is 8. The van der Waals surface area contributed by atoms with Gasteiger partial charge < -0.3 is 5.32 Å². The number of benzene rings is 1. The summed E-state index contributed by atoms with van der Waals surface area (Å²) in [7, 11) is 0. The third-order valence-corrected chi connectivity index (χ3v) is 5.74. The minimum absolute atomic E-state index is 0.203. The van der Waals surface area contributed by atoms with Crippen molar-refractivity contribution in [2.24, 2.45) is 0 Å². The second-order valence-corrected chi connectivity index (χ2v) is 7.61. The topological polar surface area (TPSA) is 109 Å². The number of aromatic nitrogens is 6. The van der Waals surface area contributed by atoms with E-state index in [2.05, 4.69) is 35.7 Å². The molecule has 0 fully saturated rings. The summed E-state index contributed by atoms with van der Waals surface area (Å²) in [5.74, 6) is -0.460. The molecule has 0 radical (unpaired) electrons. The molecule has 0 saturated heterocycles. The van der Waals surface area contributed by atoms with Gasteiger partial charge >= 0.3 is 0 Å². The molecule has 0 saturated carbocycles. The van der Waals surface area contributed by atoms with E-state index in [1.165, 1.54) is 48.2 Å². The zero-order valence-electron chi connectivity index (χ0n) is 14.6. The van der Waals surface area contributed by atoms with Crippen molar-refractivity contribution < 1.29 is 9.18 Å². The Morgan fingerprint density at radius 3 is 2.62 bits per heavy atom. The van der Waals surface area contributed by atoms with Crippen LogP contribution in [0.1, 0.15) is 10.5 Å². The van der Waals surface area contributed by atoms with E-state index < -0.39 is 5.91 Å². The highest BCUT2D eigenvalue weighted by molar-refractivity contribution is 8.02. The van der Waals surface area contributed by atoms with Gasteiger partial charge in [-0.1, -0.05) is 11.8 Å². The molecule has 0 spiro atoms. The summed E-state index contributed by atoms with van der Waals surface area (Å²) in [6.45, 7) is 0. The number of nitrogens with zero attached hydrogens (tertiary/aromatic N) is 5. The molecule has 1 aromatic carbocycles. The molecule has 0 unspecified atom stereocenters. The minimum Gasteiger partial charge on any atom is -0.304 e. The molecule has 3 heterocycles. The maximum Gasteiger partial charge on any atom is 0.276 e. The number of rotatable bonds is 6. The average molecular weight is 425 g/mol. The van der Waals surface area contributed by atoms with Crippen LogP contribution in [0, 0.1) is 5.82 Å². The Balaban J connectivity index is 1.70. The predicted octanol–water partition coefficient (Wildman–Crippen LogP) is 3.68. The molecule has 0 aliphatic rings. The van der Waals surface area contributed by atoms with Gasteiger partial charge in [-0.25, -0.2) is 14.4 Å². The molecule has 2 N–H and O–H groups in total. The number of anilines is 1. The lowest BCUT2D eigenvalue weighted by atomic mass is 10.3. The van der Waals surface area contributed by atoms with Crippen LogP contribution in [0.5, 0.6) is 0 Å². The first-order valence-corrected chi connectivity index (χ1v) is 9.87. The van der Waals surface area contributed by atoms with Gasteiger partial charge in [-0.05, 0) is 54.2 Å². The highest BCUT2D eigenvalue weighted by Gasteiger charge is 2.20. The summed E-state index contributed by atoms with van der Waals surface area (Å²) >= 11 is 2.61. The van der Waals surface area contributed by atoms with Crippen molar-refractivity contribution in [2.45, 2.75) is 19.8 Å². The smallest absolute Gasteiger partial charge is 0.276 e. The Kier molecular flexibility index (Phi) is 5.77. The molecule has 4 aromatic rings. The molecule has 144 valence electrons. The molecule has 4 rings (SSSR count). The van der Waals surface area contributed by atoms with Crippen LogP contribution in [0.3, 0.4) is 0 Å². The van der Waals surface area contributed by atoms with Crippen molar-refractivity contribution in [1.82, 2.24) is 30.4 Å². The van der Waals surface area contributed by atoms with Crippen LogP contribution in [0.25, 0.3) is 0 Å². The number of nitrogens with one attached hydrogen (secondary N) is 2. The van der Waals surface area contributed by atoms with Crippen molar-refractivity contribution >= 4 is 35.2 Å². The molecule has 8 nitrogen and oxygen atoms in total. The van der Waals surface area contributed by atoms with E-state index in [0.717, 1.165) is 9.79 Å². The maximum absolute atomic E-state index is 13.3. The zero-order valence-corrected chi connectivity index (χ0v) is 16.2. The Morgan fingerprint density at radius 1 is 1.03 bits per heavy atom. The number of pyridine rings is 1. The lowest BCUT2D eigenvalue weighted by Gasteiger charge is -2.12. The minimum atomic E-state index is -0.435. The van der Waals surface area contributed by atoms with Crippen LogP contribution in [-0.4, -0.2) is 36.3 Å². The third kappa shape index (κ3) is 4.76. The molecule has 0 atom stereocenters. The van der Waals surface area contributed by atoms with Crippen LogP contribution in [0.15, 0.2) is 81.0 Å². The van der Waals surface area contributed by atoms with Gasteiger partial charge in [0.25, 0.3) is 5.91 Å². The number of hydrogen-bond donors (Lipinski definition) is 2. The van der Waals surface area contributed by atoms with Gasteiger partial charge in [-0.15, -0.1) is 5.10 Å². The van der Waals surface area contributed by atoms with E-state index in [1.807, 2.05) is 0 Å². The van der Waals surface area contributed by atoms with Gasteiger partial charge in [0.05, 0.1) is 4.90 Å². The molecular formula is C18H12FN7OS2. The van der Waals surface area contributed by atoms with Gasteiger partial charge in [0.15, 0.2) is 11.0 Å². The first-order chi connectivity index (χ1) is 14.2.